The van der Waals surface area contributed by atoms with Crippen molar-refractivity contribution in [1.29, 1.82) is 0 Å². The smallest absolute Gasteiger partial charge is 0.278 e. The van der Waals surface area contributed by atoms with Gasteiger partial charge in [-0.25, -0.2) is 4.68 Å². The third-order valence-electron chi connectivity index (χ3n) is 4.82. The van der Waals surface area contributed by atoms with Crippen molar-refractivity contribution in [3.05, 3.63) is 63.5 Å². The van der Waals surface area contributed by atoms with Gasteiger partial charge in [0.05, 0.1) is 19.8 Å². The van der Waals surface area contributed by atoms with Gasteiger partial charge < -0.3 is 9.47 Å². The minimum Gasteiger partial charge on any atom is -0.496 e. The summed E-state index contributed by atoms with van der Waals surface area (Å²) in [4.78, 5) is 14.1. The van der Waals surface area contributed by atoms with Crippen molar-refractivity contribution in [3.8, 4) is 33.1 Å². The van der Waals surface area contributed by atoms with Crippen LogP contribution in [0.3, 0.4) is 0 Å². The first-order valence-electron chi connectivity index (χ1n) is 8.94. The molecule has 0 spiro atoms. The van der Waals surface area contributed by atoms with Crippen molar-refractivity contribution in [1.82, 2.24) is 9.78 Å². The first kappa shape index (κ1) is 19.5. The Labute approximate surface area is 177 Å². The molecule has 2 heterocycles. The summed E-state index contributed by atoms with van der Waals surface area (Å²) in [6.45, 7) is 1.83. The van der Waals surface area contributed by atoms with E-state index in [4.69, 9.17) is 21.1 Å². The summed E-state index contributed by atoms with van der Waals surface area (Å²) in [6, 6.07) is 13.5. The summed E-state index contributed by atoms with van der Waals surface area (Å²) in [7, 11) is 4.83. The molecular weight excluding hydrogens is 408 g/mol. The number of fused-ring (bicyclic) bond motifs is 1. The maximum absolute atomic E-state index is 13.2. The Bertz CT molecular complexity index is 1290. The van der Waals surface area contributed by atoms with Crippen LogP contribution in [-0.4, -0.2) is 24.0 Å². The van der Waals surface area contributed by atoms with Gasteiger partial charge in [0.25, 0.3) is 5.56 Å². The summed E-state index contributed by atoms with van der Waals surface area (Å²) in [5.41, 5.74) is 2.55. The van der Waals surface area contributed by atoms with E-state index in [9.17, 15) is 4.79 Å². The van der Waals surface area contributed by atoms with Gasteiger partial charge in [0.2, 0.25) is 0 Å². The van der Waals surface area contributed by atoms with Gasteiger partial charge in [-0.1, -0.05) is 23.7 Å². The van der Waals surface area contributed by atoms with Crippen LogP contribution in [0, 0.1) is 6.92 Å². The van der Waals surface area contributed by atoms with Gasteiger partial charge in [-0.15, -0.1) is 11.3 Å². The predicted octanol–water partition coefficient (Wildman–Crippen LogP) is 5.31. The van der Waals surface area contributed by atoms with E-state index < -0.39 is 0 Å². The van der Waals surface area contributed by atoms with Crippen molar-refractivity contribution < 1.29 is 9.47 Å². The molecule has 7 heteroatoms. The Hall–Kier alpha value is -2.83. The fourth-order valence-corrected chi connectivity index (χ4v) is 4.96. The highest BCUT2D eigenvalue weighted by atomic mass is 35.5. The van der Waals surface area contributed by atoms with Crippen molar-refractivity contribution in [2.75, 3.05) is 14.2 Å². The quantitative estimate of drug-likeness (QED) is 0.444. The SMILES string of the molecule is COc1ccccc1-c1sc2ccc(Cl)cc2c1-c1c(OC)c(C)nn(C)c1=O. The van der Waals surface area contributed by atoms with Gasteiger partial charge in [0.1, 0.15) is 11.4 Å². The summed E-state index contributed by atoms with van der Waals surface area (Å²) in [5.74, 6) is 1.19. The first-order valence-corrected chi connectivity index (χ1v) is 10.1. The fraction of sp³-hybridized carbons (Fsp3) is 0.182. The Kier molecular flexibility index (Phi) is 5.06. The summed E-state index contributed by atoms with van der Waals surface area (Å²) in [6.07, 6.45) is 0. The Balaban J connectivity index is 2.21. The zero-order valence-corrected chi connectivity index (χ0v) is 18.0. The Morgan fingerprint density at radius 1 is 1.07 bits per heavy atom. The van der Waals surface area contributed by atoms with E-state index in [1.807, 2.05) is 49.4 Å². The molecule has 0 unspecified atom stereocenters. The van der Waals surface area contributed by atoms with Gasteiger partial charge in [-0.3, -0.25) is 4.79 Å². The number of para-hydroxylation sites is 1. The molecule has 0 saturated heterocycles. The maximum Gasteiger partial charge on any atom is 0.278 e. The lowest BCUT2D eigenvalue weighted by Crippen LogP contribution is -2.23. The van der Waals surface area contributed by atoms with E-state index in [2.05, 4.69) is 5.10 Å². The van der Waals surface area contributed by atoms with Crippen LogP contribution in [0.1, 0.15) is 5.69 Å². The average molecular weight is 427 g/mol. The summed E-state index contributed by atoms with van der Waals surface area (Å²) >= 11 is 7.91. The van der Waals surface area contributed by atoms with Crippen LogP contribution in [0.2, 0.25) is 5.02 Å². The average Bonchev–Trinajstić information content (AvgIpc) is 3.08. The highest BCUT2D eigenvalue weighted by molar-refractivity contribution is 7.23. The minimum absolute atomic E-state index is 0.233. The number of aryl methyl sites for hydroxylation is 2. The van der Waals surface area contributed by atoms with Crippen LogP contribution in [0.25, 0.3) is 31.7 Å². The lowest BCUT2D eigenvalue weighted by atomic mass is 9.98. The molecule has 4 rings (SSSR count). The van der Waals surface area contributed by atoms with E-state index in [-0.39, 0.29) is 5.56 Å². The van der Waals surface area contributed by atoms with E-state index in [1.54, 1.807) is 32.6 Å². The van der Waals surface area contributed by atoms with Crippen LogP contribution in [0.4, 0.5) is 0 Å². The number of nitrogens with zero attached hydrogens (tertiary/aromatic N) is 2. The van der Waals surface area contributed by atoms with Crippen LogP contribution in [0.5, 0.6) is 11.5 Å². The van der Waals surface area contributed by atoms with E-state index in [0.29, 0.717) is 22.0 Å². The maximum atomic E-state index is 13.2. The van der Waals surface area contributed by atoms with E-state index in [0.717, 1.165) is 31.8 Å². The molecule has 0 bridgehead atoms. The zero-order valence-electron chi connectivity index (χ0n) is 16.4. The predicted molar refractivity (Wildman–Crippen MR) is 119 cm³/mol. The second kappa shape index (κ2) is 7.54. The van der Waals surface area contributed by atoms with Crippen LogP contribution < -0.4 is 15.0 Å². The number of thiophene rings is 1. The normalized spacial score (nSPS) is 11.1. The second-order valence-electron chi connectivity index (χ2n) is 6.57. The van der Waals surface area contributed by atoms with Gasteiger partial charge >= 0.3 is 0 Å². The number of ether oxygens (including phenoxy) is 2. The van der Waals surface area contributed by atoms with E-state index >= 15 is 0 Å². The van der Waals surface area contributed by atoms with Crippen molar-refractivity contribution in [2.45, 2.75) is 6.92 Å². The number of benzene rings is 2. The molecule has 2 aromatic heterocycles. The molecule has 148 valence electrons. The number of halogens is 1. The van der Waals surface area contributed by atoms with Crippen LogP contribution in [0.15, 0.2) is 47.3 Å². The molecule has 0 aliphatic carbocycles. The molecule has 0 saturated carbocycles. The first-order chi connectivity index (χ1) is 14.0. The van der Waals surface area contributed by atoms with Gasteiger partial charge in [0, 0.05) is 38.2 Å². The van der Waals surface area contributed by atoms with Crippen LogP contribution >= 0.6 is 22.9 Å². The molecule has 29 heavy (non-hydrogen) atoms. The molecule has 0 aliphatic heterocycles. The molecule has 0 fully saturated rings. The number of hydrogen-bond donors (Lipinski definition) is 0. The van der Waals surface area contributed by atoms with E-state index in [1.165, 1.54) is 4.68 Å². The molecule has 4 aromatic rings. The highest BCUT2D eigenvalue weighted by Crippen LogP contribution is 2.49. The molecular formula is C22H19ClN2O3S. The Morgan fingerprint density at radius 3 is 2.55 bits per heavy atom. The molecule has 2 aromatic carbocycles. The standard InChI is InChI=1S/C22H19ClN2O3S/c1-12-20(28-4)19(22(26)25(2)24-12)18-15-11-13(23)9-10-17(15)29-21(18)14-7-5-6-8-16(14)27-3/h5-11H,1-4H3. The van der Waals surface area contributed by atoms with Gasteiger partial charge in [-0.05, 0) is 37.3 Å². The zero-order chi connectivity index (χ0) is 20.7. The lowest BCUT2D eigenvalue weighted by Gasteiger charge is -2.14. The lowest BCUT2D eigenvalue weighted by molar-refractivity contribution is 0.405. The van der Waals surface area contributed by atoms with Crippen molar-refractivity contribution in [3.63, 3.8) is 0 Å². The van der Waals surface area contributed by atoms with Crippen molar-refractivity contribution in [2.24, 2.45) is 7.05 Å². The monoisotopic (exact) mass is 426 g/mol. The molecule has 0 amide bonds. The molecule has 0 N–H and O–H groups in total. The number of methoxy groups -OCH3 is 2. The summed E-state index contributed by atoms with van der Waals surface area (Å²) < 4.78 is 13.6. The minimum atomic E-state index is -0.233. The molecule has 0 radical (unpaired) electrons. The molecule has 0 atom stereocenters. The third kappa shape index (κ3) is 3.18. The largest absolute Gasteiger partial charge is 0.496 e. The number of hydrogen-bond acceptors (Lipinski definition) is 5. The molecule has 0 aliphatic rings. The highest BCUT2D eigenvalue weighted by Gasteiger charge is 2.25. The van der Waals surface area contributed by atoms with Gasteiger partial charge in [-0.2, -0.15) is 5.10 Å². The molecule has 5 nitrogen and oxygen atoms in total. The van der Waals surface area contributed by atoms with Crippen LogP contribution in [-0.2, 0) is 7.05 Å². The van der Waals surface area contributed by atoms with Gasteiger partial charge in [0.15, 0.2) is 5.75 Å². The third-order valence-corrected chi connectivity index (χ3v) is 6.26. The summed E-state index contributed by atoms with van der Waals surface area (Å²) in [5, 5.41) is 5.77. The fourth-order valence-electron chi connectivity index (χ4n) is 3.57. The second-order valence-corrected chi connectivity index (χ2v) is 8.06. The topological polar surface area (TPSA) is 53.4 Å². The Morgan fingerprint density at radius 2 is 1.83 bits per heavy atom. The van der Waals surface area contributed by atoms with Crippen molar-refractivity contribution >= 4 is 33.0 Å². The number of rotatable bonds is 4. The number of aromatic nitrogens is 2.